The van der Waals surface area contributed by atoms with Gasteiger partial charge in [0.15, 0.2) is 0 Å². The van der Waals surface area contributed by atoms with E-state index < -0.39 is 10.0 Å². The van der Waals surface area contributed by atoms with Crippen LogP contribution in [0.5, 0.6) is 0 Å². The minimum absolute atomic E-state index is 0.0245. The highest BCUT2D eigenvalue weighted by atomic mass is 32.2. The van der Waals surface area contributed by atoms with Crippen molar-refractivity contribution in [1.82, 2.24) is 23.9 Å². The quantitative estimate of drug-likeness (QED) is 0.776. The highest BCUT2D eigenvalue weighted by Gasteiger charge is 2.38. The molecule has 9 heteroatoms. The molecule has 3 rings (SSSR count). The Bertz CT molecular complexity index is 778. The fraction of sp³-hybridized carbons (Fsp3) is 0.364. The first-order chi connectivity index (χ1) is 9.50. The number of hydrogen-bond acceptors (Lipinski definition) is 5. The number of nitrogens with zero attached hydrogens (tertiary/aromatic N) is 6. The maximum absolute atomic E-state index is 12.3. The van der Waals surface area contributed by atoms with Gasteiger partial charge in [-0.25, -0.2) is 8.42 Å². The first-order valence-electron chi connectivity index (χ1n) is 5.94. The molecule has 0 N–H and O–H groups in total. The van der Waals surface area contributed by atoms with Gasteiger partial charge in [-0.3, -0.25) is 9.36 Å². The van der Waals surface area contributed by atoms with E-state index in [-0.39, 0.29) is 10.9 Å². The van der Waals surface area contributed by atoms with E-state index in [1.165, 1.54) is 27.6 Å². The molecule has 3 heterocycles. The Balaban J connectivity index is 1.73. The molecule has 0 saturated carbocycles. The Hall–Kier alpha value is -2.18. The van der Waals surface area contributed by atoms with Gasteiger partial charge >= 0.3 is 0 Å². The number of hydrogen-bond donors (Lipinski definition) is 0. The lowest BCUT2D eigenvalue weighted by Gasteiger charge is -2.37. The molecule has 1 aliphatic heterocycles. The van der Waals surface area contributed by atoms with Crippen LogP contribution in [0.4, 0.5) is 0 Å². The Kier molecular flexibility index (Phi) is 2.84. The van der Waals surface area contributed by atoms with Crippen molar-refractivity contribution in [2.24, 2.45) is 7.05 Å². The van der Waals surface area contributed by atoms with Gasteiger partial charge in [0.25, 0.3) is 0 Å². The SMILES string of the molecule is Cn1cc(S(=O)(=O)N2CC(n3cc(C#N)cn3)C2)cn1. The molecular formula is C11H12N6O2S. The van der Waals surface area contributed by atoms with Gasteiger partial charge in [0.1, 0.15) is 11.0 Å². The lowest BCUT2D eigenvalue weighted by atomic mass is 10.2. The molecule has 104 valence electrons. The first-order valence-corrected chi connectivity index (χ1v) is 7.38. The molecule has 0 unspecified atom stereocenters. The van der Waals surface area contributed by atoms with Crippen molar-refractivity contribution in [2.75, 3.05) is 13.1 Å². The zero-order valence-corrected chi connectivity index (χ0v) is 11.5. The largest absolute Gasteiger partial charge is 0.274 e. The average molecular weight is 292 g/mol. The fourth-order valence-corrected chi connectivity index (χ4v) is 3.56. The Morgan fingerprint density at radius 3 is 2.60 bits per heavy atom. The number of rotatable bonds is 3. The van der Waals surface area contributed by atoms with Crippen molar-refractivity contribution in [3.05, 3.63) is 30.4 Å². The topological polar surface area (TPSA) is 96.8 Å². The zero-order valence-electron chi connectivity index (χ0n) is 10.7. The van der Waals surface area contributed by atoms with Crippen molar-refractivity contribution >= 4 is 10.0 Å². The monoisotopic (exact) mass is 292 g/mol. The second-order valence-electron chi connectivity index (χ2n) is 4.65. The van der Waals surface area contributed by atoms with E-state index in [9.17, 15) is 8.42 Å². The highest BCUT2D eigenvalue weighted by Crippen LogP contribution is 2.27. The van der Waals surface area contributed by atoms with Crippen LogP contribution in [-0.4, -0.2) is 45.4 Å². The first kappa shape index (κ1) is 12.8. The molecule has 0 radical (unpaired) electrons. The van der Waals surface area contributed by atoms with Gasteiger partial charge < -0.3 is 0 Å². The van der Waals surface area contributed by atoms with Crippen molar-refractivity contribution in [1.29, 1.82) is 5.26 Å². The molecule has 0 aromatic carbocycles. The van der Waals surface area contributed by atoms with Crippen LogP contribution in [0.2, 0.25) is 0 Å². The molecule has 0 amide bonds. The summed E-state index contributed by atoms with van der Waals surface area (Å²) in [4.78, 5) is 0.191. The van der Waals surface area contributed by atoms with E-state index in [4.69, 9.17) is 5.26 Å². The van der Waals surface area contributed by atoms with E-state index in [1.807, 2.05) is 6.07 Å². The average Bonchev–Trinajstić information content (AvgIpc) is 2.96. The molecular weight excluding hydrogens is 280 g/mol. The summed E-state index contributed by atoms with van der Waals surface area (Å²) < 4.78 is 29.0. The highest BCUT2D eigenvalue weighted by molar-refractivity contribution is 7.89. The summed E-state index contributed by atoms with van der Waals surface area (Å²) in [5.41, 5.74) is 0.471. The summed E-state index contributed by atoms with van der Waals surface area (Å²) in [5.74, 6) is 0. The van der Waals surface area contributed by atoms with E-state index in [0.717, 1.165) is 0 Å². The van der Waals surface area contributed by atoms with Crippen LogP contribution in [0.25, 0.3) is 0 Å². The second kappa shape index (κ2) is 4.43. The third kappa shape index (κ3) is 1.99. The third-order valence-electron chi connectivity index (χ3n) is 3.25. The van der Waals surface area contributed by atoms with Gasteiger partial charge in [-0.05, 0) is 0 Å². The second-order valence-corrected chi connectivity index (χ2v) is 6.58. The van der Waals surface area contributed by atoms with Crippen molar-refractivity contribution in [3.63, 3.8) is 0 Å². The van der Waals surface area contributed by atoms with Gasteiger partial charge in [-0.15, -0.1) is 0 Å². The normalized spacial score (nSPS) is 16.8. The summed E-state index contributed by atoms with van der Waals surface area (Å²) in [6.45, 7) is 0.702. The van der Waals surface area contributed by atoms with Crippen LogP contribution < -0.4 is 0 Å². The lowest BCUT2D eigenvalue weighted by Crippen LogP contribution is -2.50. The van der Waals surface area contributed by atoms with E-state index in [0.29, 0.717) is 18.7 Å². The van der Waals surface area contributed by atoms with Crippen molar-refractivity contribution < 1.29 is 8.42 Å². The van der Waals surface area contributed by atoms with Crippen LogP contribution >= 0.6 is 0 Å². The third-order valence-corrected chi connectivity index (χ3v) is 5.04. The summed E-state index contributed by atoms with van der Waals surface area (Å²) in [6.07, 6.45) is 5.91. The zero-order chi connectivity index (χ0) is 14.3. The maximum Gasteiger partial charge on any atom is 0.246 e. The predicted molar refractivity (Wildman–Crippen MR) is 67.9 cm³/mol. The van der Waals surface area contributed by atoms with E-state index in [1.54, 1.807) is 17.9 Å². The molecule has 20 heavy (non-hydrogen) atoms. The van der Waals surface area contributed by atoms with Gasteiger partial charge in [0.2, 0.25) is 10.0 Å². The standard InChI is InChI=1S/C11H12N6O2S/c1-15-8-11(4-13-15)20(18,19)16-6-10(7-16)17-5-9(2-12)3-14-17/h3-5,8,10H,6-7H2,1H3. The van der Waals surface area contributed by atoms with Crippen LogP contribution in [-0.2, 0) is 17.1 Å². The molecule has 1 saturated heterocycles. The van der Waals surface area contributed by atoms with Gasteiger partial charge in [-0.2, -0.15) is 19.8 Å². The minimum Gasteiger partial charge on any atom is -0.274 e. The molecule has 0 atom stereocenters. The predicted octanol–water partition coefficient (Wildman–Crippen LogP) is -0.266. The Morgan fingerprint density at radius 1 is 1.30 bits per heavy atom. The summed E-state index contributed by atoms with van der Waals surface area (Å²) in [7, 11) is -1.81. The fourth-order valence-electron chi connectivity index (χ4n) is 2.06. The van der Waals surface area contributed by atoms with E-state index in [2.05, 4.69) is 10.2 Å². The minimum atomic E-state index is -3.48. The molecule has 2 aromatic heterocycles. The molecule has 8 nitrogen and oxygen atoms in total. The lowest BCUT2D eigenvalue weighted by molar-refractivity contribution is 0.191. The van der Waals surface area contributed by atoms with Crippen LogP contribution in [0.1, 0.15) is 11.6 Å². The molecule has 1 fully saturated rings. The summed E-state index contributed by atoms with van der Waals surface area (Å²) in [5, 5.41) is 16.7. The number of aryl methyl sites for hydroxylation is 1. The molecule has 0 bridgehead atoms. The maximum atomic E-state index is 12.3. The van der Waals surface area contributed by atoms with Crippen LogP contribution in [0, 0.1) is 11.3 Å². The van der Waals surface area contributed by atoms with Crippen LogP contribution in [0.15, 0.2) is 29.7 Å². The van der Waals surface area contributed by atoms with E-state index >= 15 is 0 Å². The Morgan fingerprint density at radius 2 is 2.05 bits per heavy atom. The summed E-state index contributed by atoms with van der Waals surface area (Å²) >= 11 is 0. The number of aromatic nitrogens is 4. The Labute approximate surface area is 115 Å². The van der Waals surface area contributed by atoms with Gasteiger partial charge in [0.05, 0.1) is 24.0 Å². The van der Waals surface area contributed by atoms with Gasteiger partial charge in [0, 0.05) is 32.5 Å². The molecule has 0 spiro atoms. The van der Waals surface area contributed by atoms with Gasteiger partial charge in [-0.1, -0.05) is 0 Å². The molecule has 1 aliphatic rings. The smallest absolute Gasteiger partial charge is 0.246 e. The number of nitriles is 1. The van der Waals surface area contributed by atoms with Crippen LogP contribution in [0.3, 0.4) is 0 Å². The number of sulfonamides is 1. The van der Waals surface area contributed by atoms with Crippen molar-refractivity contribution in [3.8, 4) is 6.07 Å². The summed E-state index contributed by atoms with van der Waals surface area (Å²) in [6, 6.07) is 1.97. The molecule has 0 aliphatic carbocycles. The molecule has 2 aromatic rings. The van der Waals surface area contributed by atoms with Crippen molar-refractivity contribution in [2.45, 2.75) is 10.9 Å².